The number of ether oxygens (including phenoxy) is 2. The van der Waals surface area contributed by atoms with Crippen molar-refractivity contribution >= 4 is 22.8 Å². The van der Waals surface area contributed by atoms with E-state index in [1.807, 2.05) is 0 Å². The summed E-state index contributed by atoms with van der Waals surface area (Å²) in [6, 6.07) is 6.79. The van der Waals surface area contributed by atoms with Gasteiger partial charge < -0.3 is 9.47 Å². The highest BCUT2D eigenvalue weighted by Crippen LogP contribution is 2.16. The fraction of sp³-hybridized carbons (Fsp3) is 0.524. The molecule has 1 rings (SSSR count). The Kier molecular flexibility index (Phi) is 11.5. The Labute approximate surface area is 161 Å². The Morgan fingerprint density at radius 1 is 1.08 bits per heavy atom. The second kappa shape index (κ2) is 13.4. The van der Waals surface area contributed by atoms with Crippen LogP contribution in [-0.2, 0) is 9.53 Å². The fourth-order valence-electron chi connectivity index (χ4n) is 2.62. The van der Waals surface area contributed by atoms with Crippen LogP contribution in [0.1, 0.15) is 68.6 Å². The lowest BCUT2D eigenvalue weighted by Crippen LogP contribution is -2.17. The van der Waals surface area contributed by atoms with Crippen LogP contribution in [-0.4, -0.2) is 23.9 Å². The van der Waals surface area contributed by atoms with E-state index in [2.05, 4.69) is 13.5 Å². The smallest absolute Gasteiger partial charge is 0.330 e. The Hall–Kier alpha value is -1.81. The van der Waals surface area contributed by atoms with Gasteiger partial charge >= 0.3 is 5.97 Å². The molecule has 4 nitrogen and oxygen atoms in total. The summed E-state index contributed by atoms with van der Waals surface area (Å²) in [7, 11) is 0. The van der Waals surface area contributed by atoms with E-state index < -0.39 is 5.24 Å². The maximum Gasteiger partial charge on any atom is 0.330 e. The van der Waals surface area contributed by atoms with Crippen molar-refractivity contribution < 1.29 is 19.1 Å². The number of carbonyl (C=O) groups is 2. The zero-order valence-electron chi connectivity index (χ0n) is 15.5. The first-order chi connectivity index (χ1) is 12.6. The minimum atomic E-state index is -0.470. The number of benzene rings is 1. The SMILES string of the molecule is C=CC(=O)OC(CCCCC)CCCCCOc1ccc(C(=O)Cl)cc1. The van der Waals surface area contributed by atoms with E-state index in [4.69, 9.17) is 21.1 Å². The average molecular weight is 381 g/mol. The average Bonchev–Trinajstić information content (AvgIpc) is 2.64. The van der Waals surface area contributed by atoms with Crippen molar-refractivity contribution in [2.45, 2.75) is 64.4 Å². The lowest BCUT2D eigenvalue weighted by atomic mass is 10.0. The van der Waals surface area contributed by atoms with Crippen LogP contribution < -0.4 is 4.74 Å². The predicted octanol–water partition coefficient (Wildman–Crippen LogP) is 5.68. The van der Waals surface area contributed by atoms with Crippen LogP contribution in [0.2, 0.25) is 0 Å². The Bertz CT molecular complexity index is 554. The number of halogens is 1. The molecule has 0 aromatic heterocycles. The lowest BCUT2D eigenvalue weighted by molar-refractivity contribution is -0.143. The summed E-state index contributed by atoms with van der Waals surface area (Å²) in [5.41, 5.74) is 0.460. The number of esters is 1. The summed E-state index contributed by atoms with van der Waals surface area (Å²) in [5.74, 6) is 0.387. The minimum Gasteiger partial charge on any atom is -0.494 e. The van der Waals surface area contributed by atoms with Gasteiger partial charge in [-0.15, -0.1) is 0 Å². The number of carbonyl (C=O) groups excluding carboxylic acids is 2. The molecule has 0 aliphatic rings. The third-order valence-electron chi connectivity index (χ3n) is 4.10. The van der Waals surface area contributed by atoms with Gasteiger partial charge in [0.1, 0.15) is 11.9 Å². The van der Waals surface area contributed by atoms with Gasteiger partial charge in [0.05, 0.1) is 6.61 Å². The molecule has 1 atom stereocenters. The van der Waals surface area contributed by atoms with Crippen molar-refractivity contribution in [3.8, 4) is 5.75 Å². The fourth-order valence-corrected chi connectivity index (χ4v) is 2.75. The summed E-state index contributed by atoms with van der Waals surface area (Å²) in [4.78, 5) is 22.4. The molecule has 0 N–H and O–H groups in total. The minimum absolute atomic E-state index is 0.0198. The van der Waals surface area contributed by atoms with Crippen molar-refractivity contribution in [1.29, 1.82) is 0 Å². The van der Waals surface area contributed by atoms with Gasteiger partial charge in [-0.1, -0.05) is 26.3 Å². The van der Waals surface area contributed by atoms with E-state index in [1.54, 1.807) is 24.3 Å². The molecule has 144 valence electrons. The standard InChI is InChI=1S/C21H29ClO4/c1-3-5-7-10-19(26-20(23)4-2)11-8-6-9-16-25-18-14-12-17(13-15-18)21(22)24/h4,12-15,19H,2-3,5-11,16H2,1H3. The molecule has 0 fully saturated rings. The second-order valence-electron chi connectivity index (χ2n) is 6.25. The molecular weight excluding hydrogens is 352 g/mol. The van der Waals surface area contributed by atoms with E-state index in [0.717, 1.165) is 57.1 Å². The van der Waals surface area contributed by atoms with Gasteiger partial charge in [-0.2, -0.15) is 0 Å². The molecule has 0 aliphatic heterocycles. The van der Waals surface area contributed by atoms with Gasteiger partial charge in [0, 0.05) is 11.6 Å². The van der Waals surface area contributed by atoms with Crippen molar-refractivity contribution in [2.24, 2.45) is 0 Å². The zero-order chi connectivity index (χ0) is 19.2. The van der Waals surface area contributed by atoms with Crippen LogP contribution in [0.25, 0.3) is 0 Å². The summed E-state index contributed by atoms with van der Waals surface area (Å²) in [5, 5.41) is -0.470. The third kappa shape index (κ3) is 9.62. The molecule has 1 aromatic carbocycles. The molecule has 0 heterocycles. The molecule has 0 aliphatic carbocycles. The highest BCUT2D eigenvalue weighted by molar-refractivity contribution is 6.67. The monoisotopic (exact) mass is 380 g/mol. The molecule has 0 bridgehead atoms. The van der Waals surface area contributed by atoms with Crippen LogP contribution in [0.15, 0.2) is 36.9 Å². The van der Waals surface area contributed by atoms with Gasteiger partial charge in [-0.3, -0.25) is 4.79 Å². The first kappa shape index (κ1) is 22.2. The molecule has 0 radical (unpaired) electrons. The predicted molar refractivity (Wildman–Crippen MR) is 105 cm³/mol. The first-order valence-corrected chi connectivity index (χ1v) is 9.70. The Morgan fingerprint density at radius 2 is 1.73 bits per heavy atom. The van der Waals surface area contributed by atoms with E-state index in [0.29, 0.717) is 12.2 Å². The molecule has 0 amide bonds. The van der Waals surface area contributed by atoms with E-state index in [9.17, 15) is 9.59 Å². The molecule has 0 spiro atoms. The number of unbranched alkanes of at least 4 members (excludes halogenated alkanes) is 4. The molecule has 1 aromatic rings. The number of hydrogen-bond donors (Lipinski definition) is 0. The summed E-state index contributed by atoms with van der Waals surface area (Å²) in [6.45, 7) is 6.23. The van der Waals surface area contributed by atoms with E-state index >= 15 is 0 Å². The summed E-state index contributed by atoms with van der Waals surface area (Å²) >= 11 is 5.41. The first-order valence-electron chi connectivity index (χ1n) is 9.32. The van der Waals surface area contributed by atoms with Crippen LogP contribution in [0, 0.1) is 0 Å². The molecule has 26 heavy (non-hydrogen) atoms. The van der Waals surface area contributed by atoms with Gasteiger partial charge in [0.25, 0.3) is 5.24 Å². The second-order valence-corrected chi connectivity index (χ2v) is 6.60. The molecule has 5 heteroatoms. The Morgan fingerprint density at radius 3 is 2.31 bits per heavy atom. The molecular formula is C21H29ClO4. The van der Waals surface area contributed by atoms with E-state index in [-0.39, 0.29) is 12.1 Å². The highest BCUT2D eigenvalue weighted by atomic mass is 35.5. The zero-order valence-corrected chi connectivity index (χ0v) is 16.3. The third-order valence-corrected chi connectivity index (χ3v) is 4.32. The topological polar surface area (TPSA) is 52.6 Å². The van der Waals surface area contributed by atoms with Gasteiger partial charge in [-0.05, 0) is 74.4 Å². The van der Waals surface area contributed by atoms with Crippen molar-refractivity contribution in [2.75, 3.05) is 6.61 Å². The Balaban J connectivity index is 2.22. The van der Waals surface area contributed by atoms with E-state index in [1.165, 1.54) is 6.08 Å². The van der Waals surface area contributed by atoms with Crippen LogP contribution in [0.3, 0.4) is 0 Å². The molecule has 1 unspecified atom stereocenters. The number of rotatable bonds is 14. The number of hydrogen-bond acceptors (Lipinski definition) is 4. The normalized spacial score (nSPS) is 11.6. The van der Waals surface area contributed by atoms with Gasteiger partial charge in [-0.25, -0.2) is 4.79 Å². The van der Waals surface area contributed by atoms with Gasteiger partial charge in [0.15, 0.2) is 0 Å². The maximum atomic E-state index is 11.4. The summed E-state index contributed by atoms with van der Waals surface area (Å²) in [6.07, 6.45) is 9.30. The van der Waals surface area contributed by atoms with Gasteiger partial charge in [0.2, 0.25) is 0 Å². The largest absolute Gasteiger partial charge is 0.494 e. The quantitative estimate of drug-likeness (QED) is 0.180. The van der Waals surface area contributed by atoms with Crippen molar-refractivity contribution in [1.82, 2.24) is 0 Å². The highest BCUT2D eigenvalue weighted by Gasteiger charge is 2.12. The maximum absolute atomic E-state index is 11.4. The van der Waals surface area contributed by atoms with Crippen molar-refractivity contribution in [3.05, 3.63) is 42.5 Å². The van der Waals surface area contributed by atoms with Crippen LogP contribution in [0.4, 0.5) is 0 Å². The lowest BCUT2D eigenvalue weighted by Gasteiger charge is -2.17. The van der Waals surface area contributed by atoms with Crippen molar-refractivity contribution in [3.63, 3.8) is 0 Å². The molecule has 0 saturated carbocycles. The van der Waals surface area contributed by atoms with Crippen LogP contribution >= 0.6 is 11.6 Å². The summed E-state index contributed by atoms with van der Waals surface area (Å²) < 4.78 is 11.1. The van der Waals surface area contributed by atoms with Crippen LogP contribution in [0.5, 0.6) is 5.75 Å². The molecule has 0 saturated heterocycles.